The number of hydrogen-bond acceptors (Lipinski definition) is 9. The SMILES string of the molecule is O=[P+]([O-])[O-].O=[P+]([O-])[O-].O=[P+]([O-])[O-].[CH3-].[CH3-].[Zr+4].[Zr+4]. The van der Waals surface area contributed by atoms with Crippen molar-refractivity contribution in [2.75, 3.05) is 0 Å². The molecule has 0 radical (unpaired) electrons. The van der Waals surface area contributed by atoms with Gasteiger partial charge in [0, 0.05) is 0 Å². The van der Waals surface area contributed by atoms with Gasteiger partial charge in [0.1, 0.15) is 0 Å². The molecule has 16 heavy (non-hydrogen) atoms. The Hall–Kier alpha value is 1.83. The average molecular weight is 449 g/mol. The second-order valence-corrected chi connectivity index (χ2v) is 2.01. The van der Waals surface area contributed by atoms with Crippen LogP contribution >= 0.6 is 24.8 Å². The van der Waals surface area contributed by atoms with Crippen LogP contribution in [0, 0.1) is 14.9 Å². The first-order chi connectivity index (χ1) is 5.20. The molecular weight excluding hydrogens is 443 g/mol. The first kappa shape index (κ1) is 43.1. The van der Waals surface area contributed by atoms with Gasteiger partial charge in [0.05, 0.1) is 0 Å². The van der Waals surface area contributed by atoms with E-state index in [1.54, 1.807) is 0 Å². The second kappa shape index (κ2) is 36.0. The Morgan fingerprint density at radius 3 is 0.500 bits per heavy atom. The quantitative estimate of drug-likeness (QED) is 0.262. The normalized spacial score (nSPS) is 4.88. The monoisotopic (exact) mass is 447 g/mol. The van der Waals surface area contributed by atoms with E-state index in [1.165, 1.54) is 0 Å². The van der Waals surface area contributed by atoms with E-state index in [4.69, 9.17) is 43.1 Å². The fourth-order valence-electron chi connectivity index (χ4n) is 0. The van der Waals surface area contributed by atoms with Crippen LogP contribution in [0.5, 0.6) is 0 Å². The van der Waals surface area contributed by atoms with E-state index in [2.05, 4.69) is 0 Å². The predicted molar refractivity (Wildman–Crippen MR) is 35.6 cm³/mol. The molecule has 0 unspecified atom stereocenters. The second-order valence-electron chi connectivity index (χ2n) is 0.671. The average Bonchev–Trinajstić information content (AvgIpc) is 1.54. The van der Waals surface area contributed by atoms with Crippen LogP contribution in [0.4, 0.5) is 0 Å². The molecule has 0 aromatic heterocycles. The minimum Gasteiger partial charge on any atom is -0.598 e. The summed E-state index contributed by atoms with van der Waals surface area (Å²) in [6.07, 6.45) is 0. The van der Waals surface area contributed by atoms with Gasteiger partial charge in [0.2, 0.25) is 0 Å². The molecule has 14 heteroatoms. The molecule has 0 amide bonds. The first-order valence-electron chi connectivity index (χ1n) is 1.64. The van der Waals surface area contributed by atoms with E-state index >= 15 is 0 Å². The summed E-state index contributed by atoms with van der Waals surface area (Å²) in [7, 11) is -10.1. The van der Waals surface area contributed by atoms with Gasteiger partial charge in [0.15, 0.2) is 0 Å². The Morgan fingerprint density at radius 1 is 0.500 bits per heavy atom. The molecule has 0 atom stereocenters. The Labute approximate surface area is 134 Å². The van der Waals surface area contributed by atoms with Crippen molar-refractivity contribution in [2.45, 2.75) is 0 Å². The van der Waals surface area contributed by atoms with Crippen molar-refractivity contribution >= 4 is 24.8 Å². The van der Waals surface area contributed by atoms with Crippen molar-refractivity contribution in [1.82, 2.24) is 0 Å². The molecule has 88 valence electrons. The summed E-state index contributed by atoms with van der Waals surface area (Å²) in [4.78, 5) is 50.9. The Balaban J connectivity index is -0.0000000135. The molecule has 0 saturated heterocycles. The molecule has 0 aromatic rings. The van der Waals surface area contributed by atoms with Crippen LogP contribution < -0.4 is 29.4 Å². The summed E-state index contributed by atoms with van der Waals surface area (Å²) < 4.78 is 25.4. The molecule has 0 bridgehead atoms. The molecule has 0 spiro atoms. The van der Waals surface area contributed by atoms with Crippen LogP contribution in [0.1, 0.15) is 0 Å². The van der Waals surface area contributed by atoms with Crippen molar-refractivity contribution in [1.29, 1.82) is 0 Å². The van der Waals surface area contributed by atoms with E-state index < -0.39 is 24.8 Å². The summed E-state index contributed by atoms with van der Waals surface area (Å²) in [5.74, 6) is 0. The zero-order valence-electron chi connectivity index (χ0n) is 8.02. The van der Waals surface area contributed by atoms with Crippen LogP contribution in [-0.4, -0.2) is 0 Å². The molecule has 0 aliphatic carbocycles. The summed E-state index contributed by atoms with van der Waals surface area (Å²) in [5.41, 5.74) is 0. The maximum Gasteiger partial charge on any atom is 4.00 e. The Kier molecular flexibility index (Phi) is 96.8. The largest absolute Gasteiger partial charge is 4.00 e. The van der Waals surface area contributed by atoms with Gasteiger partial charge in [-0.2, -0.15) is 0 Å². The van der Waals surface area contributed by atoms with E-state index in [-0.39, 0.29) is 67.3 Å². The van der Waals surface area contributed by atoms with Crippen molar-refractivity contribution in [3.05, 3.63) is 14.9 Å². The number of hydrogen-bond donors (Lipinski definition) is 0. The van der Waals surface area contributed by atoms with Gasteiger partial charge in [-0.1, -0.05) is 13.7 Å². The standard InChI is InChI=1S/2CH3.3HO3P.2Zr/c;;3*1-4(2)3;;/h2*1H3;3*(H,1,2,3);;/q2*-1;;;;2*+4/p-3. The van der Waals surface area contributed by atoms with Crippen molar-refractivity contribution in [2.24, 2.45) is 0 Å². The predicted octanol–water partition coefficient (Wildman–Crippen LogP) is -4.01. The van der Waals surface area contributed by atoms with Gasteiger partial charge in [-0.25, -0.2) is 0 Å². The maximum atomic E-state index is 8.48. The van der Waals surface area contributed by atoms with Gasteiger partial charge < -0.3 is 44.2 Å². The molecule has 0 aromatic carbocycles. The van der Waals surface area contributed by atoms with Gasteiger partial charge in [0.25, 0.3) is 24.8 Å². The zero-order chi connectivity index (χ0) is 10.7. The van der Waals surface area contributed by atoms with Crippen LogP contribution in [0.3, 0.4) is 0 Å². The van der Waals surface area contributed by atoms with Gasteiger partial charge in [-0.05, 0) is 0 Å². The fourth-order valence-corrected chi connectivity index (χ4v) is 0. The van der Waals surface area contributed by atoms with Crippen molar-refractivity contribution in [3.63, 3.8) is 0 Å². The van der Waals surface area contributed by atoms with E-state index in [9.17, 15) is 0 Å². The van der Waals surface area contributed by atoms with E-state index in [1.807, 2.05) is 0 Å². The minimum atomic E-state index is -3.37. The van der Waals surface area contributed by atoms with E-state index in [0.717, 1.165) is 0 Å². The van der Waals surface area contributed by atoms with Crippen LogP contribution in [0.15, 0.2) is 0 Å². The Bertz CT molecular complexity index is 124. The van der Waals surface area contributed by atoms with Crippen molar-refractivity contribution < 1.29 is 95.5 Å². The van der Waals surface area contributed by atoms with Gasteiger partial charge >= 0.3 is 52.4 Å². The molecular formula is C2H6O9P3Zr2+3. The van der Waals surface area contributed by atoms with Gasteiger partial charge in [-0.15, -0.1) is 0 Å². The maximum absolute atomic E-state index is 8.48. The summed E-state index contributed by atoms with van der Waals surface area (Å²) in [5, 5.41) is 0. The summed E-state index contributed by atoms with van der Waals surface area (Å²) in [6, 6.07) is 0. The molecule has 0 aliphatic rings. The smallest absolute Gasteiger partial charge is 0.598 e. The summed E-state index contributed by atoms with van der Waals surface area (Å²) in [6.45, 7) is 0. The molecule has 9 nitrogen and oxygen atoms in total. The third kappa shape index (κ3) is 1040. The molecule has 0 aliphatic heterocycles. The molecule has 0 fully saturated rings. The van der Waals surface area contributed by atoms with Crippen LogP contribution in [0.2, 0.25) is 0 Å². The topological polar surface area (TPSA) is 190 Å². The van der Waals surface area contributed by atoms with Crippen LogP contribution in [-0.2, 0) is 66.1 Å². The fraction of sp³-hybridized carbons (Fsp3) is 0. The zero-order valence-corrected chi connectivity index (χ0v) is 15.6. The molecule has 0 rings (SSSR count). The third-order valence-corrected chi connectivity index (χ3v) is 0. The minimum absolute atomic E-state index is 0. The molecule has 0 N–H and O–H groups in total. The van der Waals surface area contributed by atoms with E-state index in [0.29, 0.717) is 0 Å². The number of rotatable bonds is 0. The van der Waals surface area contributed by atoms with Gasteiger partial charge in [-0.3, -0.25) is 0 Å². The molecule has 0 heterocycles. The summed E-state index contributed by atoms with van der Waals surface area (Å²) >= 11 is 0. The molecule has 0 saturated carbocycles. The van der Waals surface area contributed by atoms with Crippen molar-refractivity contribution in [3.8, 4) is 0 Å². The third-order valence-electron chi connectivity index (χ3n) is 0. The Morgan fingerprint density at radius 2 is 0.500 bits per heavy atom. The van der Waals surface area contributed by atoms with Crippen LogP contribution in [0.25, 0.3) is 0 Å². The first-order valence-corrected chi connectivity index (χ1v) is 4.93.